The van der Waals surface area contributed by atoms with Gasteiger partial charge in [-0.3, -0.25) is 9.59 Å². The predicted octanol–water partition coefficient (Wildman–Crippen LogP) is 2.51. The molecule has 2 saturated carbocycles. The standard InChI is InChI=1S/C20H34N2O5S/c23-18(24)13-20(10-4-1-5-11-20)15-21-28(26,27)17-9-6-12-22(14-17)19(25)16-7-2-3-8-16/h16-17,21H,1-15H2,(H,23,24). The van der Waals surface area contributed by atoms with E-state index < -0.39 is 26.7 Å². The number of nitrogens with one attached hydrogen (secondary N) is 1. The first-order chi connectivity index (χ1) is 13.3. The zero-order valence-electron chi connectivity index (χ0n) is 16.7. The highest BCUT2D eigenvalue weighted by atomic mass is 32.2. The van der Waals surface area contributed by atoms with Crippen LogP contribution in [0.3, 0.4) is 0 Å². The number of hydrogen-bond donors (Lipinski definition) is 2. The van der Waals surface area contributed by atoms with Gasteiger partial charge in [-0.05, 0) is 43.9 Å². The number of rotatable bonds is 7. The van der Waals surface area contributed by atoms with Crippen LogP contribution in [0.5, 0.6) is 0 Å². The molecule has 3 rings (SSSR count). The molecule has 2 aliphatic carbocycles. The van der Waals surface area contributed by atoms with Crippen LogP contribution in [0.25, 0.3) is 0 Å². The van der Waals surface area contributed by atoms with Crippen molar-refractivity contribution >= 4 is 21.9 Å². The minimum Gasteiger partial charge on any atom is -0.481 e. The maximum absolute atomic E-state index is 12.9. The summed E-state index contributed by atoms with van der Waals surface area (Å²) < 4.78 is 28.6. The fraction of sp³-hybridized carbons (Fsp3) is 0.900. The Hall–Kier alpha value is -1.15. The number of carbonyl (C=O) groups is 2. The zero-order valence-corrected chi connectivity index (χ0v) is 17.5. The van der Waals surface area contributed by atoms with Crippen molar-refractivity contribution in [2.75, 3.05) is 19.6 Å². The van der Waals surface area contributed by atoms with Gasteiger partial charge in [0.1, 0.15) is 0 Å². The summed E-state index contributed by atoms with van der Waals surface area (Å²) in [6.07, 6.45) is 9.73. The number of carbonyl (C=O) groups excluding carboxylic acids is 1. The number of carboxylic acid groups (broad SMARTS) is 1. The molecule has 1 aliphatic heterocycles. The highest BCUT2D eigenvalue weighted by Gasteiger charge is 2.39. The minimum atomic E-state index is -3.58. The van der Waals surface area contributed by atoms with Gasteiger partial charge >= 0.3 is 5.97 Å². The summed E-state index contributed by atoms with van der Waals surface area (Å²) in [5.74, 6) is -0.686. The third-order valence-electron chi connectivity index (χ3n) is 6.92. The van der Waals surface area contributed by atoms with Gasteiger partial charge in [0.25, 0.3) is 0 Å². The van der Waals surface area contributed by atoms with Crippen LogP contribution in [0.2, 0.25) is 0 Å². The first-order valence-corrected chi connectivity index (χ1v) is 12.4. The van der Waals surface area contributed by atoms with E-state index in [1.54, 1.807) is 4.90 Å². The zero-order chi connectivity index (χ0) is 20.2. The van der Waals surface area contributed by atoms with E-state index in [2.05, 4.69) is 4.72 Å². The van der Waals surface area contributed by atoms with E-state index in [0.717, 1.165) is 57.8 Å². The molecule has 1 saturated heterocycles. The van der Waals surface area contributed by atoms with Crippen LogP contribution in [0.15, 0.2) is 0 Å². The van der Waals surface area contributed by atoms with Gasteiger partial charge in [0, 0.05) is 25.6 Å². The first kappa shape index (κ1) is 21.6. The summed E-state index contributed by atoms with van der Waals surface area (Å²) in [5, 5.41) is 8.69. The lowest BCUT2D eigenvalue weighted by Gasteiger charge is -2.38. The molecule has 8 heteroatoms. The molecule has 1 amide bonds. The number of likely N-dealkylation sites (tertiary alicyclic amines) is 1. The number of carboxylic acids is 1. The number of amides is 1. The lowest BCUT2D eigenvalue weighted by atomic mass is 9.72. The topological polar surface area (TPSA) is 104 Å². The van der Waals surface area contributed by atoms with Crippen molar-refractivity contribution in [3.63, 3.8) is 0 Å². The Balaban J connectivity index is 1.61. The van der Waals surface area contributed by atoms with E-state index in [1.165, 1.54) is 0 Å². The maximum Gasteiger partial charge on any atom is 0.303 e. The Kier molecular flexibility index (Phi) is 7.02. The molecule has 0 radical (unpaired) electrons. The largest absolute Gasteiger partial charge is 0.481 e. The number of nitrogens with zero attached hydrogens (tertiary/aromatic N) is 1. The number of piperidine rings is 1. The molecule has 160 valence electrons. The molecule has 1 unspecified atom stereocenters. The SMILES string of the molecule is O=C(O)CC1(CNS(=O)(=O)C2CCCN(C(=O)C3CCCC3)C2)CCCCC1. The molecule has 0 bridgehead atoms. The molecule has 0 aromatic rings. The van der Waals surface area contributed by atoms with Crippen molar-refractivity contribution in [3.8, 4) is 0 Å². The Morgan fingerprint density at radius 2 is 1.68 bits per heavy atom. The summed E-state index contributed by atoms with van der Waals surface area (Å²) in [6.45, 7) is 1.09. The predicted molar refractivity (Wildman–Crippen MR) is 106 cm³/mol. The van der Waals surface area contributed by atoms with Gasteiger partial charge in [-0.15, -0.1) is 0 Å². The Morgan fingerprint density at radius 3 is 2.32 bits per heavy atom. The van der Waals surface area contributed by atoms with Gasteiger partial charge in [-0.1, -0.05) is 32.1 Å². The van der Waals surface area contributed by atoms with E-state index in [0.29, 0.717) is 19.4 Å². The van der Waals surface area contributed by atoms with E-state index in [-0.39, 0.29) is 31.3 Å². The third kappa shape index (κ3) is 5.26. The Bertz CT molecular complexity index is 666. The third-order valence-corrected chi connectivity index (χ3v) is 8.73. The van der Waals surface area contributed by atoms with Gasteiger partial charge in [-0.25, -0.2) is 13.1 Å². The molecule has 7 nitrogen and oxygen atoms in total. The second-order valence-corrected chi connectivity index (χ2v) is 11.1. The highest BCUT2D eigenvalue weighted by molar-refractivity contribution is 7.90. The van der Waals surface area contributed by atoms with Crippen molar-refractivity contribution in [1.82, 2.24) is 9.62 Å². The highest BCUT2D eigenvalue weighted by Crippen LogP contribution is 2.39. The van der Waals surface area contributed by atoms with Crippen molar-refractivity contribution in [1.29, 1.82) is 0 Å². The Morgan fingerprint density at radius 1 is 1.00 bits per heavy atom. The fourth-order valence-electron chi connectivity index (χ4n) is 5.23. The van der Waals surface area contributed by atoms with Crippen LogP contribution in [0.1, 0.15) is 77.0 Å². The van der Waals surface area contributed by atoms with Crippen LogP contribution in [0, 0.1) is 11.3 Å². The summed E-state index contributed by atoms with van der Waals surface area (Å²) in [5.41, 5.74) is -0.481. The van der Waals surface area contributed by atoms with Gasteiger partial charge < -0.3 is 10.0 Å². The summed E-state index contributed by atoms with van der Waals surface area (Å²) in [6, 6.07) is 0. The molecule has 3 fully saturated rings. The fourth-order valence-corrected chi connectivity index (χ4v) is 6.83. The molecular formula is C20H34N2O5S. The number of sulfonamides is 1. The van der Waals surface area contributed by atoms with Crippen LogP contribution >= 0.6 is 0 Å². The molecule has 0 aromatic carbocycles. The Labute approximate surface area is 168 Å². The second kappa shape index (κ2) is 9.11. The van der Waals surface area contributed by atoms with Gasteiger partial charge in [0.05, 0.1) is 11.7 Å². The molecule has 2 N–H and O–H groups in total. The van der Waals surface area contributed by atoms with E-state index >= 15 is 0 Å². The maximum atomic E-state index is 12.9. The van der Waals surface area contributed by atoms with E-state index in [9.17, 15) is 23.1 Å². The molecule has 28 heavy (non-hydrogen) atoms. The average Bonchev–Trinajstić information content (AvgIpc) is 3.21. The lowest BCUT2D eigenvalue weighted by molar-refractivity contribution is -0.140. The smallest absolute Gasteiger partial charge is 0.303 e. The van der Waals surface area contributed by atoms with Crippen molar-refractivity contribution in [2.24, 2.45) is 11.3 Å². The monoisotopic (exact) mass is 414 g/mol. The summed E-state index contributed by atoms with van der Waals surface area (Å²) in [7, 11) is -3.58. The average molecular weight is 415 g/mol. The first-order valence-electron chi connectivity index (χ1n) is 10.8. The molecule has 0 spiro atoms. The summed E-state index contributed by atoms with van der Waals surface area (Å²) in [4.78, 5) is 25.8. The van der Waals surface area contributed by atoms with Gasteiger partial charge in [0.15, 0.2) is 0 Å². The van der Waals surface area contributed by atoms with Crippen LogP contribution < -0.4 is 4.72 Å². The van der Waals surface area contributed by atoms with Crippen molar-refractivity contribution in [3.05, 3.63) is 0 Å². The van der Waals surface area contributed by atoms with Crippen LogP contribution in [-0.4, -0.2) is 55.2 Å². The molecule has 1 heterocycles. The van der Waals surface area contributed by atoms with Gasteiger partial charge in [0.2, 0.25) is 15.9 Å². The number of aliphatic carboxylic acids is 1. The summed E-state index contributed by atoms with van der Waals surface area (Å²) >= 11 is 0. The second-order valence-electron chi connectivity index (χ2n) is 9.03. The molecule has 0 aromatic heterocycles. The van der Waals surface area contributed by atoms with Crippen molar-refractivity contribution in [2.45, 2.75) is 82.3 Å². The number of hydrogen-bond acceptors (Lipinski definition) is 4. The van der Waals surface area contributed by atoms with E-state index in [4.69, 9.17) is 0 Å². The molecule has 3 aliphatic rings. The van der Waals surface area contributed by atoms with Gasteiger partial charge in [-0.2, -0.15) is 0 Å². The van der Waals surface area contributed by atoms with Crippen molar-refractivity contribution < 1.29 is 23.1 Å². The van der Waals surface area contributed by atoms with E-state index in [1.807, 2.05) is 0 Å². The molecular weight excluding hydrogens is 380 g/mol. The van der Waals surface area contributed by atoms with Crippen LogP contribution in [-0.2, 0) is 19.6 Å². The normalized spacial score (nSPS) is 26.3. The lowest BCUT2D eigenvalue weighted by Crippen LogP contribution is -2.51. The minimum absolute atomic E-state index is 0.00643. The van der Waals surface area contributed by atoms with Crippen LogP contribution in [0.4, 0.5) is 0 Å². The quantitative estimate of drug-likeness (QED) is 0.666. The molecule has 1 atom stereocenters.